The van der Waals surface area contributed by atoms with Gasteiger partial charge in [0.15, 0.2) is 8.68 Å². The summed E-state index contributed by atoms with van der Waals surface area (Å²) in [4.78, 5) is 10.9. The summed E-state index contributed by atoms with van der Waals surface area (Å²) in [7, 11) is 0. The summed E-state index contributed by atoms with van der Waals surface area (Å²) in [6, 6.07) is 0. The van der Waals surface area contributed by atoms with E-state index in [9.17, 15) is 4.79 Å². The Morgan fingerprint density at radius 2 is 2.20 bits per heavy atom. The van der Waals surface area contributed by atoms with Gasteiger partial charge in [-0.2, -0.15) is 0 Å². The zero-order valence-corrected chi connectivity index (χ0v) is 11.4. The van der Waals surface area contributed by atoms with Crippen molar-refractivity contribution >= 4 is 51.7 Å². The molecule has 0 fully saturated rings. The van der Waals surface area contributed by atoms with Crippen molar-refractivity contribution in [3.8, 4) is 0 Å². The van der Waals surface area contributed by atoms with Crippen LogP contribution in [0.1, 0.15) is 0 Å². The van der Waals surface area contributed by atoms with Gasteiger partial charge >= 0.3 is 0 Å². The van der Waals surface area contributed by atoms with E-state index in [4.69, 9.17) is 0 Å². The van der Waals surface area contributed by atoms with Crippen LogP contribution in [0.25, 0.3) is 0 Å². The van der Waals surface area contributed by atoms with Gasteiger partial charge in [0.05, 0.1) is 0 Å². The van der Waals surface area contributed by atoms with Gasteiger partial charge in [-0.25, -0.2) is 0 Å². The molecule has 1 heterocycles. The molecule has 0 aliphatic heterocycles. The van der Waals surface area contributed by atoms with Crippen LogP contribution in [0, 0.1) is 0 Å². The number of rotatable bonds is 6. The molecule has 0 unspecified atom stereocenters. The fourth-order valence-corrected chi connectivity index (χ4v) is 3.81. The Kier molecular flexibility index (Phi) is 6.39. The lowest BCUT2D eigenvalue weighted by atomic mass is 10.7. The third-order valence-corrected chi connectivity index (χ3v) is 5.43. The highest BCUT2D eigenvalue weighted by Gasteiger charge is 2.03. The van der Waals surface area contributed by atoms with Gasteiger partial charge in [0, 0.05) is 11.5 Å². The van der Waals surface area contributed by atoms with E-state index < -0.39 is 0 Å². The SMILES string of the molecule is C=CC(=O)SCCSc1nnc(SC)s1. The Hall–Kier alpha value is 0.0200. The van der Waals surface area contributed by atoms with Gasteiger partial charge < -0.3 is 0 Å². The summed E-state index contributed by atoms with van der Waals surface area (Å²) < 4.78 is 1.94. The normalized spacial score (nSPS) is 10.2. The van der Waals surface area contributed by atoms with Gasteiger partial charge in [-0.15, -0.1) is 10.2 Å². The first-order chi connectivity index (χ1) is 7.26. The summed E-state index contributed by atoms with van der Waals surface area (Å²) in [5, 5.41) is 8.03. The fraction of sp³-hybridized carbons (Fsp3) is 0.375. The van der Waals surface area contributed by atoms with Gasteiger partial charge in [-0.1, -0.05) is 53.2 Å². The molecule has 0 spiro atoms. The van der Waals surface area contributed by atoms with E-state index in [0.29, 0.717) is 0 Å². The molecule has 1 aromatic heterocycles. The van der Waals surface area contributed by atoms with Gasteiger partial charge in [0.1, 0.15) is 0 Å². The lowest BCUT2D eigenvalue weighted by Gasteiger charge is -1.94. The average Bonchev–Trinajstić information content (AvgIpc) is 2.72. The standard InChI is InChI=1S/C8H10N2OS4/c1-3-6(11)13-4-5-14-8-10-9-7(12-2)15-8/h3H,1,4-5H2,2H3. The molecule has 0 atom stereocenters. The van der Waals surface area contributed by atoms with E-state index in [1.807, 2.05) is 6.26 Å². The molecule has 3 nitrogen and oxygen atoms in total. The Labute approximate surface area is 106 Å². The van der Waals surface area contributed by atoms with Crippen LogP contribution in [0.2, 0.25) is 0 Å². The molecule has 0 aliphatic carbocycles. The predicted molar refractivity (Wildman–Crippen MR) is 70.1 cm³/mol. The quantitative estimate of drug-likeness (QED) is 0.453. The second-order valence-corrected chi connectivity index (χ2v) is 6.73. The van der Waals surface area contributed by atoms with Crippen molar-refractivity contribution in [2.75, 3.05) is 17.8 Å². The van der Waals surface area contributed by atoms with Crippen molar-refractivity contribution in [1.82, 2.24) is 10.2 Å². The Morgan fingerprint density at radius 3 is 2.80 bits per heavy atom. The van der Waals surface area contributed by atoms with E-state index in [1.165, 1.54) is 17.8 Å². The van der Waals surface area contributed by atoms with Crippen molar-refractivity contribution < 1.29 is 4.79 Å². The Balaban J connectivity index is 2.20. The molecule has 82 valence electrons. The maximum atomic E-state index is 10.9. The summed E-state index contributed by atoms with van der Waals surface area (Å²) in [6.07, 6.45) is 3.32. The van der Waals surface area contributed by atoms with Crippen molar-refractivity contribution in [2.45, 2.75) is 8.68 Å². The van der Waals surface area contributed by atoms with Crippen molar-refractivity contribution in [3.05, 3.63) is 12.7 Å². The zero-order chi connectivity index (χ0) is 11.1. The topological polar surface area (TPSA) is 42.9 Å². The van der Waals surface area contributed by atoms with Crippen LogP contribution >= 0.6 is 46.6 Å². The van der Waals surface area contributed by atoms with Crippen LogP contribution in [0.3, 0.4) is 0 Å². The number of hydrogen-bond acceptors (Lipinski definition) is 7. The summed E-state index contributed by atoms with van der Waals surface area (Å²) >= 11 is 6.10. The Bertz CT molecular complexity index is 339. The minimum Gasteiger partial charge on any atom is -0.282 e. The molecular formula is C8H10N2OS4. The van der Waals surface area contributed by atoms with Crippen LogP contribution in [0.5, 0.6) is 0 Å². The molecule has 1 rings (SSSR count). The first-order valence-corrected chi connectivity index (χ1v) is 8.07. The molecule has 1 aromatic rings. The minimum absolute atomic E-state index is 0.0256. The molecule has 7 heteroatoms. The largest absolute Gasteiger partial charge is 0.282 e. The third kappa shape index (κ3) is 5.05. The van der Waals surface area contributed by atoms with Crippen LogP contribution in [0.15, 0.2) is 21.3 Å². The van der Waals surface area contributed by atoms with Crippen molar-refractivity contribution in [3.63, 3.8) is 0 Å². The van der Waals surface area contributed by atoms with Gasteiger partial charge in [-0.3, -0.25) is 4.79 Å². The average molecular weight is 278 g/mol. The molecule has 0 saturated carbocycles. The molecule has 0 saturated heterocycles. The highest BCUT2D eigenvalue weighted by molar-refractivity contribution is 8.14. The third-order valence-electron chi connectivity index (χ3n) is 1.28. The van der Waals surface area contributed by atoms with E-state index in [-0.39, 0.29) is 5.12 Å². The van der Waals surface area contributed by atoms with E-state index in [1.54, 1.807) is 34.9 Å². The number of carbonyl (C=O) groups is 1. The smallest absolute Gasteiger partial charge is 0.211 e. The summed E-state index contributed by atoms with van der Waals surface area (Å²) in [5.74, 6) is 1.65. The molecule has 0 bridgehead atoms. The van der Waals surface area contributed by atoms with Gasteiger partial charge in [0.2, 0.25) is 5.12 Å². The van der Waals surface area contributed by atoms with Gasteiger partial charge in [0.25, 0.3) is 0 Å². The van der Waals surface area contributed by atoms with Crippen LogP contribution in [0.4, 0.5) is 0 Å². The van der Waals surface area contributed by atoms with Crippen molar-refractivity contribution in [1.29, 1.82) is 0 Å². The number of hydrogen-bond donors (Lipinski definition) is 0. The Morgan fingerprint density at radius 1 is 1.47 bits per heavy atom. The van der Waals surface area contributed by atoms with E-state index in [2.05, 4.69) is 16.8 Å². The van der Waals surface area contributed by atoms with Crippen LogP contribution in [-0.2, 0) is 4.79 Å². The predicted octanol–water partition coefficient (Wildman–Crippen LogP) is 2.80. The zero-order valence-electron chi connectivity index (χ0n) is 8.13. The monoisotopic (exact) mass is 278 g/mol. The maximum Gasteiger partial charge on any atom is 0.211 e. The number of carbonyl (C=O) groups excluding carboxylic acids is 1. The second-order valence-electron chi connectivity index (χ2n) is 2.26. The van der Waals surface area contributed by atoms with Crippen LogP contribution < -0.4 is 0 Å². The number of nitrogens with zero attached hydrogens (tertiary/aromatic N) is 2. The number of aromatic nitrogens is 2. The molecular weight excluding hydrogens is 268 g/mol. The highest BCUT2D eigenvalue weighted by atomic mass is 32.2. The molecule has 0 radical (unpaired) electrons. The maximum absolute atomic E-state index is 10.9. The minimum atomic E-state index is 0.0256. The molecule has 0 amide bonds. The summed E-state index contributed by atoms with van der Waals surface area (Å²) in [6.45, 7) is 3.41. The lowest BCUT2D eigenvalue weighted by molar-refractivity contribution is -0.107. The number of thioether (sulfide) groups is 3. The summed E-state index contributed by atoms with van der Waals surface area (Å²) in [5.41, 5.74) is 0. The molecule has 0 N–H and O–H groups in total. The van der Waals surface area contributed by atoms with Gasteiger partial charge in [-0.05, 0) is 12.3 Å². The van der Waals surface area contributed by atoms with E-state index >= 15 is 0 Å². The first-order valence-electron chi connectivity index (χ1n) is 4.05. The first kappa shape index (κ1) is 13.1. The fourth-order valence-electron chi connectivity index (χ4n) is 0.668. The molecule has 15 heavy (non-hydrogen) atoms. The molecule has 0 aliphatic rings. The van der Waals surface area contributed by atoms with Crippen LogP contribution in [-0.4, -0.2) is 33.1 Å². The lowest BCUT2D eigenvalue weighted by Crippen LogP contribution is -1.89. The highest BCUT2D eigenvalue weighted by Crippen LogP contribution is 2.27. The van der Waals surface area contributed by atoms with E-state index in [0.717, 1.165) is 20.2 Å². The molecule has 0 aromatic carbocycles. The second kappa shape index (κ2) is 7.32. The van der Waals surface area contributed by atoms with Crippen molar-refractivity contribution in [2.24, 2.45) is 0 Å².